The van der Waals surface area contributed by atoms with Crippen molar-refractivity contribution in [1.82, 2.24) is 5.32 Å². The summed E-state index contributed by atoms with van der Waals surface area (Å²) in [7, 11) is 1.58. The van der Waals surface area contributed by atoms with Gasteiger partial charge in [0, 0.05) is 17.6 Å². The highest BCUT2D eigenvalue weighted by molar-refractivity contribution is 6.31. The zero-order chi connectivity index (χ0) is 15.9. The standard InChI is InChI=1S/C17H18ClNO3/c1-12(22-15-8-5-7-14(10-15)21-2)17(20)19-11-13-6-3-4-9-16(13)18/h3-10,12H,11H2,1-2H3,(H,19,20)/t12-/m0/s1. The molecule has 2 aromatic rings. The summed E-state index contributed by atoms with van der Waals surface area (Å²) >= 11 is 6.05. The fourth-order valence-electron chi connectivity index (χ4n) is 1.90. The van der Waals surface area contributed by atoms with Crippen molar-refractivity contribution < 1.29 is 14.3 Å². The molecular weight excluding hydrogens is 302 g/mol. The first-order valence-electron chi connectivity index (χ1n) is 6.92. The molecule has 0 bridgehead atoms. The van der Waals surface area contributed by atoms with Crippen LogP contribution in [0.2, 0.25) is 5.02 Å². The predicted molar refractivity (Wildman–Crippen MR) is 86.4 cm³/mol. The Morgan fingerprint density at radius 1 is 1.18 bits per heavy atom. The van der Waals surface area contributed by atoms with Crippen LogP contribution in [0.25, 0.3) is 0 Å². The van der Waals surface area contributed by atoms with Crippen LogP contribution in [0.4, 0.5) is 0 Å². The fourth-order valence-corrected chi connectivity index (χ4v) is 2.10. The zero-order valence-corrected chi connectivity index (χ0v) is 13.3. The van der Waals surface area contributed by atoms with E-state index in [0.29, 0.717) is 23.1 Å². The first kappa shape index (κ1) is 16.2. The maximum absolute atomic E-state index is 12.1. The SMILES string of the molecule is COc1cccc(O[C@@H](C)C(=O)NCc2ccccc2Cl)c1. The van der Waals surface area contributed by atoms with Crippen molar-refractivity contribution >= 4 is 17.5 Å². The molecule has 2 aromatic carbocycles. The minimum Gasteiger partial charge on any atom is -0.497 e. The third-order valence-corrected chi connectivity index (χ3v) is 3.50. The Hall–Kier alpha value is -2.20. The number of halogens is 1. The molecule has 0 saturated heterocycles. The molecule has 4 nitrogen and oxygen atoms in total. The van der Waals surface area contributed by atoms with Crippen LogP contribution in [0.1, 0.15) is 12.5 Å². The quantitative estimate of drug-likeness (QED) is 0.887. The van der Waals surface area contributed by atoms with Crippen LogP contribution in [0.3, 0.4) is 0 Å². The molecule has 0 spiro atoms. The first-order valence-corrected chi connectivity index (χ1v) is 7.30. The van der Waals surface area contributed by atoms with E-state index in [9.17, 15) is 4.79 Å². The molecule has 0 aliphatic rings. The molecule has 0 unspecified atom stereocenters. The molecule has 1 N–H and O–H groups in total. The molecule has 0 radical (unpaired) electrons. The second-order valence-electron chi connectivity index (χ2n) is 4.75. The van der Waals surface area contributed by atoms with Crippen molar-refractivity contribution in [1.29, 1.82) is 0 Å². The number of benzene rings is 2. The molecule has 1 atom stereocenters. The smallest absolute Gasteiger partial charge is 0.261 e. The summed E-state index contributed by atoms with van der Waals surface area (Å²) in [5.41, 5.74) is 0.867. The third-order valence-electron chi connectivity index (χ3n) is 3.13. The summed E-state index contributed by atoms with van der Waals surface area (Å²) in [4.78, 5) is 12.1. The lowest BCUT2D eigenvalue weighted by Crippen LogP contribution is -2.35. The molecule has 0 saturated carbocycles. The Kier molecular flexibility index (Phi) is 5.67. The molecule has 0 aliphatic heterocycles. The monoisotopic (exact) mass is 319 g/mol. The van der Waals surface area contributed by atoms with Crippen LogP contribution < -0.4 is 14.8 Å². The molecule has 0 fully saturated rings. The first-order chi connectivity index (χ1) is 10.6. The van der Waals surface area contributed by atoms with Gasteiger partial charge in [0.25, 0.3) is 5.91 Å². The number of carbonyl (C=O) groups excluding carboxylic acids is 1. The van der Waals surface area contributed by atoms with E-state index in [-0.39, 0.29) is 5.91 Å². The van der Waals surface area contributed by atoms with Crippen molar-refractivity contribution in [2.45, 2.75) is 19.6 Å². The van der Waals surface area contributed by atoms with E-state index >= 15 is 0 Å². The molecule has 0 heterocycles. The molecule has 1 amide bonds. The van der Waals surface area contributed by atoms with Crippen molar-refractivity contribution in [3.05, 3.63) is 59.1 Å². The number of methoxy groups -OCH3 is 1. The van der Waals surface area contributed by atoms with Gasteiger partial charge >= 0.3 is 0 Å². The van der Waals surface area contributed by atoms with E-state index < -0.39 is 6.10 Å². The van der Waals surface area contributed by atoms with Gasteiger partial charge in [-0.25, -0.2) is 0 Å². The van der Waals surface area contributed by atoms with Gasteiger partial charge in [-0.15, -0.1) is 0 Å². The average molecular weight is 320 g/mol. The third kappa shape index (κ3) is 4.40. The van der Waals surface area contributed by atoms with Crippen molar-refractivity contribution in [3.8, 4) is 11.5 Å². The normalized spacial score (nSPS) is 11.6. The van der Waals surface area contributed by atoms with Crippen LogP contribution in [-0.4, -0.2) is 19.1 Å². The summed E-state index contributed by atoms with van der Waals surface area (Å²) in [5, 5.41) is 3.44. The van der Waals surface area contributed by atoms with E-state index in [4.69, 9.17) is 21.1 Å². The van der Waals surface area contributed by atoms with Crippen LogP contribution in [-0.2, 0) is 11.3 Å². The summed E-state index contributed by atoms with van der Waals surface area (Å²) in [5.74, 6) is 1.06. The molecular formula is C17H18ClNO3. The molecule has 5 heteroatoms. The lowest BCUT2D eigenvalue weighted by atomic mass is 10.2. The van der Waals surface area contributed by atoms with Crippen LogP contribution in [0.5, 0.6) is 11.5 Å². The summed E-state index contributed by atoms with van der Waals surface area (Å²) in [6.45, 7) is 2.06. The number of hydrogen-bond acceptors (Lipinski definition) is 3. The minimum absolute atomic E-state index is 0.206. The Balaban J connectivity index is 1.90. The van der Waals surface area contributed by atoms with Gasteiger partial charge in [-0.05, 0) is 30.7 Å². The molecule has 0 aromatic heterocycles. The second-order valence-corrected chi connectivity index (χ2v) is 5.16. The lowest BCUT2D eigenvalue weighted by Gasteiger charge is -2.15. The highest BCUT2D eigenvalue weighted by Gasteiger charge is 2.15. The van der Waals surface area contributed by atoms with Gasteiger partial charge in [0.2, 0.25) is 0 Å². The predicted octanol–water partition coefficient (Wildman–Crippen LogP) is 3.43. The number of carbonyl (C=O) groups is 1. The molecule has 2 rings (SSSR count). The van der Waals surface area contributed by atoms with E-state index in [1.807, 2.05) is 30.3 Å². The van der Waals surface area contributed by atoms with Gasteiger partial charge in [0.05, 0.1) is 7.11 Å². The minimum atomic E-state index is -0.616. The number of rotatable bonds is 6. The van der Waals surface area contributed by atoms with Gasteiger partial charge in [-0.3, -0.25) is 4.79 Å². The van der Waals surface area contributed by atoms with E-state index in [1.54, 1.807) is 32.2 Å². The Morgan fingerprint density at radius 3 is 2.64 bits per heavy atom. The Morgan fingerprint density at radius 2 is 1.91 bits per heavy atom. The second kappa shape index (κ2) is 7.71. The molecule has 116 valence electrons. The number of amides is 1. The Labute approximate surface area is 135 Å². The largest absolute Gasteiger partial charge is 0.497 e. The number of ether oxygens (including phenoxy) is 2. The van der Waals surface area contributed by atoms with Crippen molar-refractivity contribution in [2.75, 3.05) is 7.11 Å². The summed E-state index contributed by atoms with van der Waals surface area (Å²) < 4.78 is 10.7. The zero-order valence-electron chi connectivity index (χ0n) is 12.5. The topological polar surface area (TPSA) is 47.6 Å². The summed E-state index contributed by atoms with van der Waals surface area (Å²) in [6.07, 6.45) is -0.616. The van der Waals surface area contributed by atoms with Crippen LogP contribution in [0, 0.1) is 0 Å². The maximum Gasteiger partial charge on any atom is 0.261 e. The van der Waals surface area contributed by atoms with Crippen molar-refractivity contribution in [3.63, 3.8) is 0 Å². The van der Waals surface area contributed by atoms with E-state index in [2.05, 4.69) is 5.32 Å². The fraction of sp³-hybridized carbons (Fsp3) is 0.235. The highest BCUT2D eigenvalue weighted by Crippen LogP contribution is 2.20. The van der Waals surface area contributed by atoms with E-state index in [1.165, 1.54) is 0 Å². The molecule has 22 heavy (non-hydrogen) atoms. The highest BCUT2D eigenvalue weighted by atomic mass is 35.5. The van der Waals surface area contributed by atoms with Crippen molar-refractivity contribution in [2.24, 2.45) is 0 Å². The lowest BCUT2D eigenvalue weighted by molar-refractivity contribution is -0.127. The van der Waals surface area contributed by atoms with E-state index in [0.717, 1.165) is 5.56 Å². The van der Waals surface area contributed by atoms with Gasteiger partial charge in [0.15, 0.2) is 6.10 Å². The van der Waals surface area contributed by atoms with Crippen LogP contribution in [0.15, 0.2) is 48.5 Å². The Bertz CT molecular complexity index is 645. The summed E-state index contributed by atoms with van der Waals surface area (Å²) in [6, 6.07) is 14.5. The van der Waals surface area contributed by atoms with Gasteiger partial charge in [-0.2, -0.15) is 0 Å². The number of nitrogens with one attached hydrogen (secondary N) is 1. The van der Waals surface area contributed by atoms with Crippen LogP contribution >= 0.6 is 11.6 Å². The molecule has 0 aliphatic carbocycles. The van der Waals surface area contributed by atoms with Gasteiger partial charge in [-0.1, -0.05) is 35.9 Å². The number of hydrogen-bond donors (Lipinski definition) is 1. The maximum atomic E-state index is 12.1. The average Bonchev–Trinajstić information content (AvgIpc) is 2.54. The van der Waals surface area contributed by atoms with Gasteiger partial charge < -0.3 is 14.8 Å². The van der Waals surface area contributed by atoms with Gasteiger partial charge in [0.1, 0.15) is 11.5 Å².